The molecular formula is C14H13BrN2O. The van der Waals surface area contributed by atoms with E-state index >= 15 is 0 Å². The van der Waals surface area contributed by atoms with Crippen molar-refractivity contribution >= 4 is 15.9 Å². The predicted molar refractivity (Wildman–Crippen MR) is 72.8 cm³/mol. The lowest BCUT2D eigenvalue weighted by molar-refractivity contribution is 0.453. The molecule has 0 unspecified atom stereocenters. The highest BCUT2D eigenvalue weighted by Gasteiger charge is 2.09. The number of hydrogen-bond donors (Lipinski definition) is 1. The van der Waals surface area contributed by atoms with E-state index in [2.05, 4.69) is 34.2 Å². The predicted octanol–water partition coefficient (Wildman–Crippen LogP) is 3.76. The van der Waals surface area contributed by atoms with E-state index in [0.29, 0.717) is 12.3 Å². The second-order valence-corrected chi connectivity index (χ2v) is 4.86. The third-order valence-corrected chi connectivity index (χ3v) is 3.45. The van der Waals surface area contributed by atoms with Gasteiger partial charge in [0, 0.05) is 10.5 Å². The fraction of sp³-hybridized carbons (Fsp3) is 0.214. The first-order valence-corrected chi connectivity index (χ1v) is 6.46. The monoisotopic (exact) mass is 304 g/mol. The SMILES string of the molecule is C[C@H](NCc1ccc(C#N)o1)c1ccccc1Br. The maximum atomic E-state index is 8.67. The zero-order valence-electron chi connectivity index (χ0n) is 9.98. The Labute approximate surface area is 115 Å². The number of halogens is 1. The lowest BCUT2D eigenvalue weighted by Crippen LogP contribution is -2.18. The molecule has 0 radical (unpaired) electrons. The fourth-order valence-corrected chi connectivity index (χ4v) is 2.35. The molecule has 0 fully saturated rings. The van der Waals surface area contributed by atoms with Gasteiger partial charge in [0.15, 0.2) is 0 Å². The van der Waals surface area contributed by atoms with E-state index in [1.807, 2.05) is 30.3 Å². The van der Waals surface area contributed by atoms with Gasteiger partial charge in [0.1, 0.15) is 11.8 Å². The zero-order chi connectivity index (χ0) is 13.0. The topological polar surface area (TPSA) is 49.0 Å². The average Bonchev–Trinajstić information content (AvgIpc) is 2.84. The highest BCUT2D eigenvalue weighted by Crippen LogP contribution is 2.23. The number of hydrogen-bond acceptors (Lipinski definition) is 3. The minimum absolute atomic E-state index is 0.205. The van der Waals surface area contributed by atoms with Gasteiger partial charge in [-0.15, -0.1) is 0 Å². The van der Waals surface area contributed by atoms with Crippen molar-refractivity contribution in [1.82, 2.24) is 5.32 Å². The molecule has 3 nitrogen and oxygen atoms in total. The number of nitrogens with zero attached hydrogens (tertiary/aromatic N) is 1. The summed E-state index contributed by atoms with van der Waals surface area (Å²) in [6.45, 7) is 2.69. The molecule has 92 valence electrons. The largest absolute Gasteiger partial charge is 0.449 e. The summed E-state index contributed by atoms with van der Waals surface area (Å²) in [6.07, 6.45) is 0. The summed E-state index contributed by atoms with van der Waals surface area (Å²) in [5, 5.41) is 12.0. The molecule has 0 aliphatic rings. The van der Waals surface area contributed by atoms with E-state index in [1.165, 1.54) is 5.56 Å². The van der Waals surface area contributed by atoms with Crippen LogP contribution in [0.1, 0.15) is 30.0 Å². The molecule has 1 atom stereocenters. The molecule has 1 aromatic carbocycles. The van der Waals surface area contributed by atoms with Gasteiger partial charge < -0.3 is 9.73 Å². The number of rotatable bonds is 4. The molecule has 4 heteroatoms. The van der Waals surface area contributed by atoms with E-state index < -0.39 is 0 Å². The van der Waals surface area contributed by atoms with E-state index in [-0.39, 0.29) is 6.04 Å². The first-order chi connectivity index (χ1) is 8.70. The zero-order valence-corrected chi connectivity index (χ0v) is 11.6. The molecule has 0 amide bonds. The van der Waals surface area contributed by atoms with Crippen LogP contribution in [-0.4, -0.2) is 0 Å². The van der Waals surface area contributed by atoms with Gasteiger partial charge in [-0.3, -0.25) is 0 Å². The van der Waals surface area contributed by atoms with Crippen molar-refractivity contribution in [2.75, 3.05) is 0 Å². The minimum atomic E-state index is 0.205. The molecule has 0 bridgehead atoms. The molecule has 0 spiro atoms. The van der Waals surface area contributed by atoms with E-state index in [4.69, 9.17) is 9.68 Å². The highest BCUT2D eigenvalue weighted by atomic mass is 79.9. The maximum absolute atomic E-state index is 8.67. The third kappa shape index (κ3) is 3.00. The van der Waals surface area contributed by atoms with E-state index in [0.717, 1.165) is 10.2 Å². The van der Waals surface area contributed by atoms with Crippen molar-refractivity contribution < 1.29 is 4.42 Å². The van der Waals surface area contributed by atoms with Gasteiger partial charge in [0.2, 0.25) is 5.76 Å². The van der Waals surface area contributed by atoms with Crippen molar-refractivity contribution in [1.29, 1.82) is 5.26 Å². The Morgan fingerprint density at radius 3 is 2.78 bits per heavy atom. The number of nitrogens with one attached hydrogen (secondary N) is 1. The highest BCUT2D eigenvalue weighted by molar-refractivity contribution is 9.10. The Morgan fingerprint density at radius 2 is 2.11 bits per heavy atom. The summed E-state index contributed by atoms with van der Waals surface area (Å²) < 4.78 is 6.40. The van der Waals surface area contributed by atoms with Crippen molar-refractivity contribution in [3.63, 3.8) is 0 Å². The smallest absolute Gasteiger partial charge is 0.203 e. The Balaban J connectivity index is 1.98. The van der Waals surface area contributed by atoms with Crippen LogP contribution in [0.15, 0.2) is 45.3 Å². The van der Waals surface area contributed by atoms with Crippen LogP contribution in [0.3, 0.4) is 0 Å². The first-order valence-electron chi connectivity index (χ1n) is 5.67. The summed E-state index contributed by atoms with van der Waals surface area (Å²) in [4.78, 5) is 0. The summed E-state index contributed by atoms with van der Waals surface area (Å²) in [5.41, 5.74) is 1.20. The molecule has 0 saturated carbocycles. The average molecular weight is 305 g/mol. The van der Waals surface area contributed by atoms with Crippen molar-refractivity contribution in [3.05, 3.63) is 58.0 Å². The number of benzene rings is 1. The van der Waals surface area contributed by atoms with Gasteiger partial charge in [0.05, 0.1) is 6.54 Å². The van der Waals surface area contributed by atoms with Crippen LogP contribution in [0.5, 0.6) is 0 Å². The van der Waals surface area contributed by atoms with Gasteiger partial charge in [-0.2, -0.15) is 5.26 Å². The van der Waals surface area contributed by atoms with Crippen LogP contribution in [0.4, 0.5) is 0 Å². The van der Waals surface area contributed by atoms with Crippen LogP contribution in [0, 0.1) is 11.3 Å². The third-order valence-electron chi connectivity index (χ3n) is 2.73. The second kappa shape index (κ2) is 5.85. The molecule has 1 aromatic heterocycles. The van der Waals surface area contributed by atoms with Crippen LogP contribution in [-0.2, 0) is 6.54 Å². The van der Waals surface area contributed by atoms with Crippen molar-refractivity contribution in [2.24, 2.45) is 0 Å². The molecule has 2 rings (SSSR count). The summed E-state index contributed by atoms with van der Waals surface area (Å²) >= 11 is 3.53. The van der Waals surface area contributed by atoms with Crippen molar-refractivity contribution in [2.45, 2.75) is 19.5 Å². The first kappa shape index (κ1) is 12.9. The Bertz CT molecular complexity index is 571. The minimum Gasteiger partial charge on any atom is -0.449 e. The Morgan fingerprint density at radius 1 is 1.33 bits per heavy atom. The van der Waals surface area contributed by atoms with Gasteiger partial charge >= 0.3 is 0 Å². The standard InChI is InChI=1S/C14H13BrN2O/c1-10(13-4-2-3-5-14(13)15)17-9-12-7-6-11(8-16)18-12/h2-7,10,17H,9H2,1H3/t10-/m0/s1. The lowest BCUT2D eigenvalue weighted by Gasteiger charge is -2.14. The molecular weight excluding hydrogens is 292 g/mol. The van der Waals surface area contributed by atoms with Crippen molar-refractivity contribution in [3.8, 4) is 6.07 Å². The fourth-order valence-electron chi connectivity index (χ4n) is 1.72. The molecule has 0 aliphatic heterocycles. The maximum Gasteiger partial charge on any atom is 0.203 e. The second-order valence-electron chi connectivity index (χ2n) is 4.00. The quantitative estimate of drug-likeness (QED) is 0.935. The number of furan rings is 1. The molecule has 0 aliphatic carbocycles. The summed E-state index contributed by atoms with van der Waals surface area (Å²) in [7, 11) is 0. The van der Waals surface area contributed by atoms with E-state index in [1.54, 1.807) is 6.07 Å². The van der Waals surface area contributed by atoms with Crippen LogP contribution < -0.4 is 5.32 Å². The van der Waals surface area contributed by atoms with Crippen LogP contribution in [0.2, 0.25) is 0 Å². The molecule has 1 N–H and O–H groups in total. The molecule has 2 aromatic rings. The van der Waals surface area contributed by atoms with Gasteiger partial charge in [-0.25, -0.2) is 0 Å². The van der Waals surface area contributed by atoms with Gasteiger partial charge in [0.25, 0.3) is 0 Å². The summed E-state index contributed by atoms with van der Waals surface area (Å²) in [5.74, 6) is 1.12. The Hall–Kier alpha value is -1.57. The van der Waals surface area contributed by atoms with Gasteiger partial charge in [-0.1, -0.05) is 34.1 Å². The molecule has 0 saturated heterocycles. The lowest BCUT2D eigenvalue weighted by atomic mass is 10.1. The van der Waals surface area contributed by atoms with E-state index in [9.17, 15) is 0 Å². The van der Waals surface area contributed by atoms with Crippen LogP contribution in [0.25, 0.3) is 0 Å². The normalized spacial score (nSPS) is 12.1. The Kier molecular flexibility index (Phi) is 4.19. The number of nitriles is 1. The summed E-state index contributed by atoms with van der Waals surface area (Å²) in [6, 6.07) is 13.8. The molecule has 18 heavy (non-hydrogen) atoms. The van der Waals surface area contributed by atoms with Crippen LogP contribution >= 0.6 is 15.9 Å². The van der Waals surface area contributed by atoms with Gasteiger partial charge in [-0.05, 0) is 30.7 Å². The molecule has 1 heterocycles.